The number of carbonyl (C=O) groups is 1. The van der Waals surface area contributed by atoms with Crippen molar-refractivity contribution in [3.8, 4) is 5.75 Å². The molecule has 1 heterocycles. The molecule has 1 fully saturated rings. The number of ether oxygens (including phenoxy) is 2. The van der Waals surface area contributed by atoms with E-state index in [0.29, 0.717) is 24.4 Å². The minimum Gasteiger partial charge on any atom is -0.497 e. The molecule has 0 aromatic heterocycles. The number of benzene rings is 1. The van der Waals surface area contributed by atoms with Gasteiger partial charge in [-0.1, -0.05) is 6.07 Å². The number of aliphatic hydroxyl groups excluding tert-OH is 1. The topological polar surface area (TPSA) is 59.0 Å². The lowest BCUT2D eigenvalue weighted by Crippen LogP contribution is -2.55. The van der Waals surface area contributed by atoms with Crippen molar-refractivity contribution in [1.29, 1.82) is 0 Å². The van der Waals surface area contributed by atoms with Crippen LogP contribution in [0.15, 0.2) is 24.3 Å². The summed E-state index contributed by atoms with van der Waals surface area (Å²) in [5, 5.41) is 9.29. The fraction of sp³-hybridized carbons (Fsp3) is 0.533. The fourth-order valence-electron chi connectivity index (χ4n) is 2.48. The number of aliphatic hydroxyl groups is 1. The average Bonchev–Trinajstić information content (AvgIpc) is 2.44. The summed E-state index contributed by atoms with van der Waals surface area (Å²) in [4.78, 5) is 14.3. The average molecular weight is 279 g/mol. The molecule has 0 saturated carbocycles. The van der Waals surface area contributed by atoms with E-state index in [0.717, 1.165) is 0 Å². The van der Waals surface area contributed by atoms with Crippen molar-refractivity contribution < 1.29 is 19.4 Å². The summed E-state index contributed by atoms with van der Waals surface area (Å²) in [5.74, 6) is 0.584. The molecule has 1 aromatic rings. The van der Waals surface area contributed by atoms with E-state index >= 15 is 0 Å². The van der Waals surface area contributed by atoms with Gasteiger partial charge in [0.05, 0.1) is 25.4 Å². The van der Waals surface area contributed by atoms with Gasteiger partial charge in [0.1, 0.15) is 5.75 Å². The number of rotatable bonds is 3. The zero-order chi connectivity index (χ0) is 14.8. The number of carbonyl (C=O) groups excluding carboxylic acids is 1. The van der Waals surface area contributed by atoms with Gasteiger partial charge in [-0.3, -0.25) is 4.79 Å². The van der Waals surface area contributed by atoms with Gasteiger partial charge in [0.15, 0.2) is 0 Å². The minimum absolute atomic E-state index is 0.0706. The standard InChI is InChI=1S/C15H21NO4/c1-15(2)10-16(8-13(9-17)20-15)14(18)11-5-4-6-12(7-11)19-3/h4-7,13,17H,8-10H2,1-3H3. The van der Waals surface area contributed by atoms with Crippen LogP contribution in [0.3, 0.4) is 0 Å². The Hall–Kier alpha value is -1.59. The Balaban J connectivity index is 2.18. The highest BCUT2D eigenvalue weighted by molar-refractivity contribution is 5.94. The van der Waals surface area contributed by atoms with Crippen molar-refractivity contribution in [1.82, 2.24) is 4.90 Å². The second-order valence-electron chi connectivity index (χ2n) is 5.60. The smallest absolute Gasteiger partial charge is 0.254 e. The van der Waals surface area contributed by atoms with Crippen LogP contribution in [-0.2, 0) is 4.74 Å². The minimum atomic E-state index is -0.458. The van der Waals surface area contributed by atoms with Crippen molar-refractivity contribution in [3.63, 3.8) is 0 Å². The highest BCUT2D eigenvalue weighted by Gasteiger charge is 2.35. The maximum atomic E-state index is 12.6. The Kier molecular flexibility index (Phi) is 4.30. The molecule has 0 aliphatic carbocycles. The summed E-state index contributed by atoms with van der Waals surface area (Å²) >= 11 is 0. The Labute approximate surface area is 119 Å². The Morgan fingerprint density at radius 3 is 2.95 bits per heavy atom. The van der Waals surface area contributed by atoms with E-state index in [-0.39, 0.29) is 18.6 Å². The number of nitrogens with zero attached hydrogens (tertiary/aromatic N) is 1. The third-order valence-electron chi connectivity index (χ3n) is 3.29. The van der Waals surface area contributed by atoms with Crippen molar-refractivity contribution >= 4 is 5.91 Å². The molecular formula is C15H21NO4. The molecule has 0 radical (unpaired) electrons. The molecule has 1 unspecified atom stereocenters. The van der Waals surface area contributed by atoms with Crippen molar-refractivity contribution in [2.24, 2.45) is 0 Å². The normalized spacial score (nSPS) is 21.6. The van der Waals surface area contributed by atoms with Gasteiger partial charge in [-0.15, -0.1) is 0 Å². The number of hydrogen-bond acceptors (Lipinski definition) is 4. The first-order valence-electron chi connectivity index (χ1n) is 6.67. The fourth-order valence-corrected chi connectivity index (χ4v) is 2.48. The maximum Gasteiger partial charge on any atom is 0.254 e. The van der Waals surface area contributed by atoms with Gasteiger partial charge in [0, 0.05) is 18.7 Å². The van der Waals surface area contributed by atoms with E-state index in [1.165, 1.54) is 0 Å². The largest absolute Gasteiger partial charge is 0.497 e. The lowest BCUT2D eigenvalue weighted by molar-refractivity contribution is -0.139. The molecule has 2 rings (SSSR count). The van der Waals surface area contributed by atoms with E-state index in [1.54, 1.807) is 36.3 Å². The van der Waals surface area contributed by atoms with Crippen LogP contribution in [0.5, 0.6) is 5.75 Å². The third kappa shape index (κ3) is 3.29. The summed E-state index contributed by atoms with van der Waals surface area (Å²) in [6.45, 7) is 4.64. The van der Waals surface area contributed by atoms with E-state index in [9.17, 15) is 9.90 Å². The number of hydrogen-bond donors (Lipinski definition) is 1. The SMILES string of the molecule is COc1cccc(C(=O)N2CC(CO)OC(C)(C)C2)c1. The molecule has 110 valence electrons. The molecule has 1 amide bonds. The molecule has 0 bridgehead atoms. The first-order valence-corrected chi connectivity index (χ1v) is 6.67. The molecular weight excluding hydrogens is 258 g/mol. The number of methoxy groups -OCH3 is 1. The molecule has 1 atom stereocenters. The van der Waals surface area contributed by atoms with Crippen LogP contribution in [0.2, 0.25) is 0 Å². The molecule has 1 N–H and O–H groups in total. The van der Waals surface area contributed by atoms with Gasteiger partial charge in [-0.2, -0.15) is 0 Å². The predicted octanol–water partition coefficient (Wildman–Crippen LogP) is 1.31. The lowest BCUT2D eigenvalue weighted by Gasteiger charge is -2.42. The molecule has 5 nitrogen and oxygen atoms in total. The molecule has 0 spiro atoms. The van der Waals surface area contributed by atoms with E-state index in [4.69, 9.17) is 9.47 Å². The molecule has 1 aromatic carbocycles. The summed E-state index contributed by atoms with van der Waals surface area (Å²) in [6.07, 6.45) is -0.340. The predicted molar refractivity (Wildman–Crippen MR) is 74.9 cm³/mol. The Bertz CT molecular complexity index is 487. The van der Waals surface area contributed by atoms with Crippen molar-refractivity contribution in [2.75, 3.05) is 26.8 Å². The van der Waals surface area contributed by atoms with Crippen LogP contribution in [0, 0.1) is 0 Å². The van der Waals surface area contributed by atoms with E-state index in [2.05, 4.69) is 0 Å². The second kappa shape index (κ2) is 5.81. The Morgan fingerprint density at radius 1 is 1.55 bits per heavy atom. The number of amides is 1. The van der Waals surface area contributed by atoms with Gasteiger partial charge < -0.3 is 19.5 Å². The summed E-state index contributed by atoms with van der Waals surface area (Å²) in [5.41, 5.74) is 0.124. The lowest BCUT2D eigenvalue weighted by atomic mass is 10.0. The van der Waals surface area contributed by atoms with E-state index in [1.807, 2.05) is 13.8 Å². The van der Waals surface area contributed by atoms with Crippen LogP contribution < -0.4 is 4.74 Å². The summed E-state index contributed by atoms with van der Waals surface area (Å²) in [7, 11) is 1.57. The van der Waals surface area contributed by atoms with Crippen LogP contribution in [0.4, 0.5) is 0 Å². The first-order chi connectivity index (χ1) is 9.45. The number of morpholine rings is 1. The second-order valence-corrected chi connectivity index (χ2v) is 5.60. The van der Waals surface area contributed by atoms with Crippen LogP contribution in [0.25, 0.3) is 0 Å². The van der Waals surface area contributed by atoms with Gasteiger partial charge in [-0.25, -0.2) is 0 Å². The van der Waals surface area contributed by atoms with Gasteiger partial charge in [-0.05, 0) is 32.0 Å². The van der Waals surface area contributed by atoms with Crippen LogP contribution in [0.1, 0.15) is 24.2 Å². The molecule has 1 aliphatic rings. The van der Waals surface area contributed by atoms with Crippen molar-refractivity contribution in [3.05, 3.63) is 29.8 Å². The van der Waals surface area contributed by atoms with Crippen molar-refractivity contribution in [2.45, 2.75) is 25.6 Å². The van der Waals surface area contributed by atoms with Gasteiger partial charge >= 0.3 is 0 Å². The quantitative estimate of drug-likeness (QED) is 0.906. The first kappa shape index (κ1) is 14.8. The molecule has 1 saturated heterocycles. The highest BCUT2D eigenvalue weighted by Crippen LogP contribution is 2.23. The van der Waals surface area contributed by atoms with Gasteiger partial charge in [0.25, 0.3) is 5.91 Å². The molecule has 1 aliphatic heterocycles. The van der Waals surface area contributed by atoms with Gasteiger partial charge in [0.2, 0.25) is 0 Å². The highest BCUT2D eigenvalue weighted by atomic mass is 16.5. The zero-order valence-corrected chi connectivity index (χ0v) is 12.1. The third-order valence-corrected chi connectivity index (χ3v) is 3.29. The van der Waals surface area contributed by atoms with E-state index < -0.39 is 5.60 Å². The molecule has 5 heteroatoms. The Morgan fingerprint density at radius 2 is 2.30 bits per heavy atom. The monoisotopic (exact) mass is 279 g/mol. The zero-order valence-electron chi connectivity index (χ0n) is 12.1. The van der Waals surface area contributed by atoms with Crippen LogP contribution >= 0.6 is 0 Å². The summed E-state index contributed by atoms with van der Waals surface area (Å²) < 4.78 is 10.9. The maximum absolute atomic E-state index is 12.6. The van der Waals surface area contributed by atoms with Crippen LogP contribution in [-0.4, -0.2) is 54.4 Å². The molecule has 20 heavy (non-hydrogen) atoms. The summed E-state index contributed by atoms with van der Waals surface area (Å²) in [6, 6.07) is 7.08.